The fourth-order valence-electron chi connectivity index (χ4n) is 2.50. The molecule has 1 heterocycles. The number of carbonyl (C=O) groups is 1. The van der Waals surface area contributed by atoms with Crippen molar-refractivity contribution >= 4 is 11.6 Å². The van der Waals surface area contributed by atoms with Crippen LogP contribution in [0.25, 0.3) is 0 Å². The second-order valence-electron chi connectivity index (χ2n) is 5.36. The molecule has 20 heavy (non-hydrogen) atoms. The van der Waals surface area contributed by atoms with E-state index in [2.05, 4.69) is 10.2 Å². The Bertz CT molecular complexity index is 471. The Balaban J connectivity index is 2.00. The van der Waals surface area contributed by atoms with Gasteiger partial charge in [-0.3, -0.25) is 9.69 Å². The number of anilines is 1. The van der Waals surface area contributed by atoms with Gasteiger partial charge in [0.15, 0.2) is 0 Å². The molecule has 1 amide bonds. The normalized spacial score (nSPS) is 25.2. The first-order valence-corrected chi connectivity index (χ1v) is 6.92. The van der Waals surface area contributed by atoms with Gasteiger partial charge in [0.05, 0.1) is 23.9 Å². The van der Waals surface area contributed by atoms with Gasteiger partial charge in [0.25, 0.3) is 0 Å². The molecular weight excluding hydrogens is 259 g/mol. The summed E-state index contributed by atoms with van der Waals surface area (Å²) in [4.78, 5) is 14.3. The average Bonchev–Trinajstić information content (AvgIpc) is 2.39. The molecule has 5 heteroatoms. The first-order chi connectivity index (χ1) is 9.47. The van der Waals surface area contributed by atoms with E-state index in [1.807, 2.05) is 20.8 Å². The van der Waals surface area contributed by atoms with Crippen molar-refractivity contribution in [2.45, 2.75) is 39.0 Å². The van der Waals surface area contributed by atoms with E-state index in [9.17, 15) is 9.18 Å². The van der Waals surface area contributed by atoms with Gasteiger partial charge in [-0.15, -0.1) is 0 Å². The molecule has 3 atom stereocenters. The molecule has 1 aliphatic heterocycles. The van der Waals surface area contributed by atoms with Crippen LogP contribution in [0, 0.1) is 5.82 Å². The number of benzene rings is 1. The number of ether oxygens (including phenoxy) is 1. The molecule has 1 aromatic rings. The van der Waals surface area contributed by atoms with Crippen LogP contribution in [0.15, 0.2) is 24.3 Å². The molecule has 1 aliphatic rings. The number of para-hydroxylation sites is 1. The monoisotopic (exact) mass is 280 g/mol. The molecule has 0 saturated carbocycles. The zero-order valence-electron chi connectivity index (χ0n) is 12.1. The smallest absolute Gasteiger partial charge is 0.241 e. The summed E-state index contributed by atoms with van der Waals surface area (Å²) < 4.78 is 19.2. The Hall–Kier alpha value is -1.46. The van der Waals surface area contributed by atoms with Gasteiger partial charge in [-0.05, 0) is 32.9 Å². The minimum Gasteiger partial charge on any atom is -0.373 e. The van der Waals surface area contributed by atoms with Crippen LogP contribution in [0.5, 0.6) is 0 Å². The number of hydrogen-bond acceptors (Lipinski definition) is 3. The van der Waals surface area contributed by atoms with Crippen molar-refractivity contribution in [3.05, 3.63) is 30.1 Å². The lowest BCUT2D eigenvalue weighted by atomic mass is 10.1. The first kappa shape index (κ1) is 14.9. The predicted molar refractivity (Wildman–Crippen MR) is 76.1 cm³/mol. The molecule has 0 bridgehead atoms. The van der Waals surface area contributed by atoms with Gasteiger partial charge in [0, 0.05) is 13.1 Å². The zero-order chi connectivity index (χ0) is 14.7. The maximum absolute atomic E-state index is 13.5. The van der Waals surface area contributed by atoms with Gasteiger partial charge in [-0.1, -0.05) is 12.1 Å². The van der Waals surface area contributed by atoms with E-state index in [0.717, 1.165) is 0 Å². The summed E-state index contributed by atoms with van der Waals surface area (Å²) in [5.74, 6) is -0.617. The van der Waals surface area contributed by atoms with Crippen molar-refractivity contribution in [1.82, 2.24) is 4.90 Å². The van der Waals surface area contributed by atoms with Crippen LogP contribution < -0.4 is 5.32 Å². The third kappa shape index (κ3) is 3.55. The quantitative estimate of drug-likeness (QED) is 0.923. The lowest BCUT2D eigenvalue weighted by Gasteiger charge is -2.38. The molecule has 2 rings (SSSR count). The molecule has 1 saturated heterocycles. The number of nitrogens with zero attached hydrogens (tertiary/aromatic N) is 1. The van der Waals surface area contributed by atoms with Crippen LogP contribution in [-0.2, 0) is 9.53 Å². The molecule has 4 nitrogen and oxygen atoms in total. The summed E-state index contributed by atoms with van der Waals surface area (Å²) in [5.41, 5.74) is 0.221. The fraction of sp³-hybridized carbons (Fsp3) is 0.533. The maximum Gasteiger partial charge on any atom is 0.241 e. The summed E-state index contributed by atoms with van der Waals surface area (Å²) >= 11 is 0. The molecule has 0 radical (unpaired) electrons. The highest BCUT2D eigenvalue weighted by molar-refractivity contribution is 5.94. The van der Waals surface area contributed by atoms with Gasteiger partial charge in [-0.25, -0.2) is 4.39 Å². The van der Waals surface area contributed by atoms with E-state index >= 15 is 0 Å². The van der Waals surface area contributed by atoms with E-state index in [1.165, 1.54) is 6.07 Å². The molecule has 1 aromatic carbocycles. The summed E-state index contributed by atoms with van der Waals surface area (Å²) in [6, 6.07) is 5.87. The van der Waals surface area contributed by atoms with Crippen molar-refractivity contribution in [3.8, 4) is 0 Å². The Labute approximate surface area is 118 Å². The number of carbonyl (C=O) groups excluding carboxylic acids is 1. The van der Waals surface area contributed by atoms with Gasteiger partial charge >= 0.3 is 0 Å². The zero-order valence-corrected chi connectivity index (χ0v) is 12.1. The van der Waals surface area contributed by atoms with Gasteiger partial charge in [0.1, 0.15) is 5.82 Å². The molecule has 1 fully saturated rings. The van der Waals surface area contributed by atoms with Crippen molar-refractivity contribution in [2.75, 3.05) is 18.4 Å². The van der Waals surface area contributed by atoms with Crippen LogP contribution in [0.1, 0.15) is 20.8 Å². The molecule has 3 unspecified atom stereocenters. The number of hydrogen-bond donors (Lipinski definition) is 1. The largest absolute Gasteiger partial charge is 0.373 e. The fourth-order valence-corrected chi connectivity index (χ4v) is 2.50. The number of nitrogens with one attached hydrogen (secondary N) is 1. The van der Waals surface area contributed by atoms with E-state index < -0.39 is 5.82 Å². The third-order valence-corrected chi connectivity index (χ3v) is 3.51. The minimum absolute atomic E-state index is 0.0995. The Kier molecular flexibility index (Phi) is 4.73. The van der Waals surface area contributed by atoms with Crippen molar-refractivity contribution < 1.29 is 13.9 Å². The highest BCUT2D eigenvalue weighted by Crippen LogP contribution is 2.16. The van der Waals surface area contributed by atoms with Crippen LogP contribution in [0.2, 0.25) is 0 Å². The third-order valence-electron chi connectivity index (χ3n) is 3.51. The lowest BCUT2D eigenvalue weighted by molar-refractivity contribution is -0.126. The minimum atomic E-state index is -0.420. The standard InChI is InChI=1S/C15H21FN2O2/c1-10-8-18(9-11(2)20-10)12(3)15(19)17-14-7-5-4-6-13(14)16/h4-7,10-12H,8-9H2,1-3H3,(H,17,19). The Morgan fingerprint density at radius 3 is 2.55 bits per heavy atom. The van der Waals surface area contributed by atoms with Crippen LogP contribution in [0.3, 0.4) is 0 Å². The van der Waals surface area contributed by atoms with Gasteiger partial charge < -0.3 is 10.1 Å². The molecular formula is C15H21FN2O2. The predicted octanol–water partition coefficient (Wildman–Crippen LogP) is 2.26. The first-order valence-electron chi connectivity index (χ1n) is 6.92. The van der Waals surface area contributed by atoms with Crippen LogP contribution in [0.4, 0.5) is 10.1 Å². The van der Waals surface area contributed by atoms with Crippen molar-refractivity contribution in [2.24, 2.45) is 0 Å². The summed E-state index contributed by atoms with van der Waals surface area (Å²) in [6.45, 7) is 7.22. The van der Waals surface area contributed by atoms with E-state index in [-0.39, 0.29) is 29.8 Å². The second kappa shape index (κ2) is 6.33. The number of morpholine rings is 1. The molecule has 110 valence electrons. The van der Waals surface area contributed by atoms with E-state index in [1.54, 1.807) is 18.2 Å². The highest BCUT2D eigenvalue weighted by atomic mass is 19.1. The number of amides is 1. The Morgan fingerprint density at radius 2 is 1.95 bits per heavy atom. The molecule has 0 spiro atoms. The SMILES string of the molecule is CC1CN(C(C)C(=O)Nc2ccccc2F)CC(C)O1. The molecule has 0 aromatic heterocycles. The average molecular weight is 280 g/mol. The summed E-state index contributed by atoms with van der Waals surface area (Å²) in [7, 11) is 0. The van der Waals surface area contributed by atoms with E-state index in [0.29, 0.717) is 13.1 Å². The van der Waals surface area contributed by atoms with Gasteiger partial charge in [0.2, 0.25) is 5.91 Å². The van der Waals surface area contributed by atoms with Crippen molar-refractivity contribution in [1.29, 1.82) is 0 Å². The second-order valence-corrected chi connectivity index (χ2v) is 5.36. The highest BCUT2D eigenvalue weighted by Gasteiger charge is 2.29. The number of rotatable bonds is 3. The van der Waals surface area contributed by atoms with Gasteiger partial charge in [-0.2, -0.15) is 0 Å². The van der Waals surface area contributed by atoms with Crippen LogP contribution in [-0.4, -0.2) is 42.1 Å². The molecule has 1 N–H and O–H groups in total. The topological polar surface area (TPSA) is 41.6 Å². The summed E-state index contributed by atoms with van der Waals surface area (Å²) in [5, 5.41) is 2.64. The van der Waals surface area contributed by atoms with Crippen LogP contribution >= 0.6 is 0 Å². The van der Waals surface area contributed by atoms with Crippen molar-refractivity contribution in [3.63, 3.8) is 0 Å². The maximum atomic E-state index is 13.5. The Morgan fingerprint density at radius 1 is 1.35 bits per heavy atom. The summed E-state index contributed by atoms with van der Waals surface area (Å²) in [6.07, 6.45) is 0.199. The lowest BCUT2D eigenvalue weighted by Crippen LogP contribution is -2.52. The number of halogens is 1. The molecule has 0 aliphatic carbocycles. The van der Waals surface area contributed by atoms with E-state index in [4.69, 9.17) is 4.74 Å².